The summed E-state index contributed by atoms with van der Waals surface area (Å²) in [6, 6.07) is 15.8. The van der Waals surface area contributed by atoms with E-state index in [9.17, 15) is 13.2 Å². The van der Waals surface area contributed by atoms with Gasteiger partial charge in [-0.2, -0.15) is 13.2 Å². The molecule has 0 heterocycles. The van der Waals surface area contributed by atoms with Gasteiger partial charge in [-0.3, -0.25) is 0 Å². The van der Waals surface area contributed by atoms with Crippen LogP contribution in [0.15, 0.2) is 54.6 Å². The summed E-state index contributed by atoms with van der Waals surface area (Å²) in [5.74, 6) is 0. The second-order valence-corrected chi connectivity index (χ2v) is 5.60. The SMILES string of the molecule is CC(Cc1cccc(C(F)(F)F)c1)N[C@H](C)c1ccccc1.Cl. The molecule has 0 aliphatic carbocycles. The van der Waals surface area contributed by atoms with Crippen molar-refractivity contribution >= 4 is 12.4 Å². The molecule has 126 valence electrons. The number of benzene rings is 2. The maximum absolute atomic E-state index is 12.7. The van der Waals surface area contributed by atoms with Gasteiger partial charge in [0.15, 0.2) is 0 Å². The monoisotopic (exact) mass is 343 g/mol. The molecule has 1 unspecified atom stereocenters. The van der Waals surface area contributed by atoms with Gasteiger partial charge in [0.2, 0.25) is 0 Å². The highest BCUT2D eigenvalue weighted by Crippen LogP contribution is 2.29. The molecule has 0 aromatic heterocycles. The highest BCUT2D eigenvalue weighted by atomic mass is 35.5. The van der Waals surface area contributed by atoms with Crippen LogP contribution < -0.4 is 5.32 Å². The summed E-state index contributed by atoms with van der Waals surface area (Å²) < 4.78 is 38.2. The fourth-order valence-corrected chi connectivity index (χ4v) is 2.55. The quantitative estimate of drug-likeness (QED) is 0.765. The standard InChI is InChI=1S/C18H20F3N.ClH/c1-13(22-14(2)16-8-4-3-5-9-16)11-15-7-6-10-17(12-15)18(19,20)21;/h3-10,12-14,22H,11H2,1-2H3;1H/t13?,14-;/m1./s1. The lowest BCUT2D eigenvalue weighted by Gasteiger charge is -2.21. The third kappa shape index (κ3) is 5.88. The maximum atomic E-state index is 12.7. The number of nitrogens with one attached hydrogen (secondary N) is 1. The zero-order valence-electron chi connectivity index (χ0n) is 13.1. The predicted octanol–water partition coefficient (Wildman–Crippen LogP) is 5.41. The number of rotatable bonds is 5. The van der Waals surface area contributed by atoms with Gasteiger partial charge < -0.3 is 5.32 Å². The molecule has 0 aliphatic heterocycles. The Balaban J connectivity index is 0.00000264. The summed E-state index contributed by atoms with van der Waals surface area (Å²) in [5, 5.41) is 3.42. The summed E-state index contributed by atoms with van der Waals surface area (Å²) in [4.78, 5) is 0. The summed E-state index contributed by atoms with van der Waals surface area (Å²) >= 11 is 0. The Labute approximate surface area is 141 Å². The van der Waals surface area contributed by atoms with Gasteiger partial charge in [0.1, 0.15) is 0 Å². The summed E-state index contributed by atoms with van der Waals surface area (Å²) in [6.45, 7) is 4.04. The Morgan fingerprint density at radius 2 is 1.61 bits per heavy atom. The molecule has 2 rings (SSSR count). The molecule has 1 N–H and O–H groups in total. The van der Waals surface area contributed by atoms with Crippen molar-refractivity contribution in [2.75, 3.05) is 0 Å². The Bertz CT molecular complexity index is 599. The molecule has 0 radical (unpaired) electrons. The molecule has 0 aliphatic rings. The molecule has 0 saturated heterocycles. The fraction of sp³-hybridized carbons (Fsp3) is 0.333. The molecule has 0 fully saturated rings. The minimum Gasteiger partial charge on any atom is -0.307 e. The maximum Gasteiger partial charge on any atom is 0.416 e. The van der Waals surface area contributed by atoms with E-state index in [1.165, 1.54) is 17.7 Å². The molecule has 0 amide bonds. The van der Waals surface area contributed by atoms with Gasteiger partial charge in [0, 0.05) is 12.1 Å². The molecule has 0 saturated carbocycles. The van der Waals surface area contributed by atoms with Crippen LogP contribution in [0, 0.1) is 0 Å². The van der Waals surface area contributed by atoms with Crippen molar-refractivity contribution in [3.63, 3.8) is 0 Å². The molecule has 2 atom stereocenters. The van der Waals surface area contributed by atoms with Crippen LogP contribution in [0.4, 0.5) is 13.2 Å². The lowest BCUT2D eigenvalue weighted by atomic mass is 10.0. The van der Waals surface area contributed by atoms with Crippen LogP contribution in [0.5, 0.6) is 0 Å². The minimum absolute atomic E-state index is 0. The van der Waals surface area contributed by atoms with Crippen molar-refractivity contribution in [3.8, 4) is 0 Å². The second-order valence-electron chi connectivity index (χ2n) is 5.60. The van der Waals surface area contributed by atoms with Crippen LogP contribution in [0.3, 0.4) is 0 Å². The Kier molecular flexibility index (Phi) is 7.10. The van der Waals surface area contributed by atoms with E-state index >= 15 is 0 Å². The first-order valence-electron chi connectivity index (χ1n) is 7.33. The third-order valence-electron chi connectivity index (χ3n) is 3.63. The van der Waals surface area contributed by atoms with E-state index in [0.717, 1.165) is 6.07 Å². The van der Waals surface area contributed by atoms with Crippen LogP contribution in [-0.4, -0.2) is 6.04 Å². The van der Waals surface area contributed by atoms with E-state index in [1.807, 2.05) is 37.3 Å². The highest BCUT2D eigenvalue weighted by molar-refractivity contribution is 5.85. The number of hydrogen-bond donors (Lipinski definition) is 1. The van der Waals surface area contributed by atoms with E-state index < -0.39 is 11.7 Å². The second kappa shape index (κ2) is 8.37. The van der Waals surface area contributed by atoms with Crippen LogP contribution in [-0.2, 0) is 12.6 Å². The summed E-state index contributed by atoms with van der Waals surface area (Å²) in [6.07, 6.45) is -3.73. The average molecular weight is 344 g/mol. The van der Waals surface area contributed by atoms with E-state index in [4.69, 9.17) is 0 Å². The van der Waals surface area contributed by atoms with Crippen molar-refractivity contribution in [2.45, 2.75) is 38.5 Å². The molecular formula is C18H21ClF3N. The van der Waals surface area contributed by atoms with Crippen molar-refractivity contribution in [2.24, 2.45) is 0 Å². The van der Waals surface area contributed by atoms with Crippen LogP contribution in [0.25, 0.3) is 0 Å². The zero-order valence-corrected chi connectivity index (χ0v) is 13.9. The summed E-state index contributed by atoms with van der Waals surface area (Å²) in [7, 11) is 0. The van der Waals surface area contributed by atoms with Gasteiger partial charge in [0.25, 0.3) is 0 Å². The van der Waals surface area contributed by atoms with Crippen LogP contribution in [0.2, 0.25) is 0 Å². The zero-order chi connectivity index (χ0) is 16.2. The number of alkyl halides is 3. The summed E-state index contributed by atoms with van der Waals surface area (Å²) in [5.41, 5.74) is 1.27. The van der Waals surface area contributed by atoms with Crippen LogP contribution >= 0.6 is 12.4 Å². The third-order valence-corrected chi connectivity index (χ3v) is 3.63. The van der Waals surface area contributed by atoms with Gasteiger partial charge >= 0.3 is 6.18 Å². The predicted molar refractivity (Wildman–Crippen MR) is 89.9 cm³/mol. The first-order valence-corrected chi connectivity index (χ1v) is 7.33. The molecule has 0 bridgehead atoms. The van der Waals surface area contributed by atoms with Crippen molar-refractivity contribution in [1.82, 2.24) is 5.32 Å². The Morgan fingerprint density at radius 3 is 2.22 bits per heavy atom. The average Bonchev–Trinajstić information content (AvgIpc) is 2.47. The molecular weight excluding hydrogens is 323 g/mol. The highest BCUT2D eigenvalue weighted by Gasteiger charge is 2.30. The lowest BCUT2D eigenvalue weighted by Crippen LogP contribution is -2.30. The molecule has 2 aromatic carbocycles. The molecule has 23 heavy (non-hydrogen) atoms. The van der Waals surface area contributed by atoms with Crippen molar-refractivity contribution in [3.05, 3.63) is 71.3 Å². The van der Waals surface area contributed by atoms with Gasteiger partial charge in [-0.15, -0.1) is 12.4 Å². The minimum atomic E-state index is -4.29. The van der Waals surface area contributed by atoms with E-state index in [2.05, 4.69) is 12.2 Å². The van der Waals surface area contributed by atoms with Gasteiger partial charge in [-0.25, -0.2) is 0 Å². The van der Waals surface area contributed by atoms with E-state index in [1.54, 1.807) is 6.07 Å². The molecule has 0 spiro atoms. The topological polar surface area (TPSA) is 12.0 Å². The van der Waals surface area contributed by atoms with Gasteiger partial charge in [-0.05, 0) is 37.5 Å². The van der Waals surface area contributed by atoms with E-state index in [-0.39, 0.29) is 24.5 Å². The Morgan fingerprint density at radius 1 is 0.957 bits per heavy atom. The smallest absolute Gasteiger partial charge is 0.307 e. The van der Waals surface area contributed by atoms with Crippen molar-refractivity contribution < 1.29 is 13.2 Å². The molecule has 2 aromatic rings. The van der Waals surface area contributed by atoms with E-state index in [0.29, 0.717) is 12.0 Å². The number of halogens is 4. The largest absolute Gasteiger partial charge is 0.416 e. The lowest BCUT2D eigenvalue weighted by molar-refractivity contribution is -0.137. The molecule has 5 heteroatoms. The molecule has 1 nitrogen and oxygen atoms in total. The van der Waals surface area contributed by atoms with Gasteiger partial charge in [-0.1, -0.05) is 48.5 Å². The first-order chi connectivity index (χ1) is 10.4. The first kappa shape index (κ1) is 19.5. The van der Waals surface area contributed by atoms with Crippen molar-refractivity contribution in [1.29, 1.82) is 0 Å². The number of hydrogen-bond acceptors (Lipinski definition) is 1. The Hall–Kier alpha value is -1.52. The van der Waals surface area contributed by atoms with Gasteiger partial charge in [0.05, 0.1) is 5.56 Å². The van der Waals surface area contributed by atoms with Crippen LogP contribution in [0.1, 0.15) is 36.6 Å². The normalized spacial score (nSPS) is 14.0. The fourth-order valence-electron chi connectivity index (χ4n) is 2.55.